The largest absolute Gasteiger partial charge is 0.399 e. The molecule has 18 heavy (non-hydrogen) atoms. The van der Waals surface area contributed by atoms with Crippen LogP contribution in [0.1, 0.15) is 17.2 Å². The lowest BCUT2D eigenvalue weighted by Crippen LogP contribution is -2.02. The Labute approximate surface area is 104 Å². The van der Waals surface area contributed by atoms with Crippen molar-refractivity contribution < 1.29 is 13.9 Å². The molecule has 2 aromatic carbocycles. The van der Waals surface area contributed by atoms with E-state index in [0.717, 1.165) is 12.1 Å². The highest BCUT2D eigenvalue weighted by atomic mass is 19.2. The van der Waals surface area contributed by atoms with Gasteiger partial charge in [-0.3, -0.25) is 0 Å². The van der Waals surface area contributed by atoms with E-state index in [4.69, 9.17) is 5.73 Å². The van der Waals surface area contributed by atoms with Crippen LogP contribution in [0.15, 0.2) is 42.5 Å². The first-order valence-corrected chi connectivity index (χ1v) is 5.53. The van der Waals surface area contributed by atoms with Crippen molar-refractivity contribution in [3.8, 4) is 0 Å². The minimum Gasteiger partial charge on any atom is -0.399 e. The molecule has 0 spiro atoms. The van der Waals surface area contributed by atoms with Crippen molar-refractivity contribution in [3.63, 3.8) is 0 Å². The van der Waals surface area contributed by atoms with Crippen LogP contribution in [0.25, 0.3) is 0 Å². The Morgan fingerprint density at radius 2 is 1.67 bits per heavy atom. The van der Waals surface area contributed by atoms with E-state index in [1.165, 1.54) is 6.07 Å². The quantitative estimate of drug-likeness (QED) is 0.822. The van der Waals surface area contributed by atoms with Gasteiger partial charge in [-0.2, -0.15) is 0 Å². The van der Waals surface area contributed by atoms with Crippen LogP contribution < -0.4 is 5.73 Å². The molecule has 0 aromatic heterocycles. The summed E-state index contributed by atoms with van der Waals surface area (Å²) in [5.74, 6) is -1.79. The van der Waals surface area contributed by atoms with Gasteiger partial charge < -0.3 is 10.8 Å². The standard InChI is InChI=1S/C14H13F2NO/c15-12-6-1-9(7-13(12)16)8-14(18)10-2-4-11(17)5-3-10/h1-7,14,18H,8,17H2. The fourth-order valence-corrected chi connectivity index (χ4v) is 1.73. The van der Waals surface area contributed by atoms with Crippen LogP contribution in [0, 0.1) is 11.6 Å². The number of hydrogen-bond acceptors (Lipinski definition) is 2. The zero-order valence-electron chi connectivity index (χ0n) is 9.61. The number of nitrogens with two attached hydrogens (primary N) is 1. The van der Waals surface area contributed by atoms with Crippen molar-refractivity contribution in [2.45, 2.75) is 12.5 Å². The predicted octanol–water partition coefficient (Wildman–Crippen LogP) is 2.82. The summed E-state index contributed by atoms with van der Waals surface area (Å²) in [5.41, 5.74) is 7.38. The fraction of sp³-hybridized carbons (Fsp3) is 0.143. The minimum atomic E-state index is -0.906. The Hall–Kier alpha value is -1.94. The molecule has 1 atom stereocenters. The van der Waals surface area contributed by atoms with E-state index < -0.39 is 17.7 Å². The van der Waals surface area contributed by atoms with Gasteiger partial charge in [0.1, 0.15) is 0 Å². The number of benzene rings is 2. The molecule has 2 aromatic rings. The van der Waals surface area contributed by atoms with Gasteiger partial charge in [0.05, 0.1) is 6.10 Å². The third kappa shape index (κ3) is 2.84. The zero-order chi connectivity index (χ0) is 13.1. The van der Waals surface area contributed by atoms with Crippen molar-refractivity contribution in [2.24, 2.45) is 0 Å². The third-order valence-corrected chi connectivity index (χ3v) is 2.73. The number of nitrogen functional groups attached to an aromatic ring is 1. The van der Waals surface area contributed by atoms with Crippen molar-refractivity contribution in [1.29, 1.82) is 0 Å². The van der Waals surface area contributed by atoms with E-state index in [0.29, 0.717) is 16.8 Å². The smallest absolute Gasteiger partial charge is 0.159 e. The van der Waals surface area contributed by atoms with Gasteiger partial charge in [-0.25, -0.2) is 8.78 Å². The molecule has 2 nitrogen and oxygen atoms in total. The Kier molecular flexibility index (Phi) is 3.58. The fourth-order valence-electron chi connectivity index (χ4n) is 1.73. The van der Waals surface area contributed by atoms with E-state index in [1.54, 1.807) is 24.3 Å². The van der Waals surface area contributed by atoms with Gasteiger partial charge in [0.2, 0.25) is 0 Å². The van der Waals surface area contributed by atoms with Crippen molar-refractivity contribution in [3.05, 3.63) is 65.2 Å². The molecule has 0 saturated heterocycles. The van der Waals surface area contributed by atoms with Crippen LogP contribution in [0.5, 0.6) is 0 Å². The van der Waals surface area contributed by atoms with Crippen LogP contribution in [0.4, 0.5) is 14.5 Å². The highest BCUT2D eigenvalue weighted by Gasteiger charge is 2.10. The highest BCUT2D eigenvalue weighted by Crippen LogP contribution is 2.20. The molecule has 0 aliphatic rings. The first-order valence-electron chi connectivity index (χ1n) is 5.53. The Balaban J connectivity index is 2.13. The summed E-state index contributed by atoms with van der Waals surface area (Å²) in [5, 5.41) is 9.97. The number of rotatable bonds is 3. The van der Waals surface area contributed by atoms with E-state index in [1.807, 2.05) is 0 Å². The monoisotopic (exact) mass is 249 g/mol. The second-order valence-electron chi connectivity index (χ2n) is 4.14. The molecule has 3 N–H and O–H groups in total. The molecular formula is C14H13F2NO. The summed E-state index contributed by atoms with van der Waals surface area (Å²) < 4.78 is 25.8. The maximum absolute atomic E-state index is 13.0. The van der Waals surface area contributed by atoms with E-state index in [2.05, 4.69) is 0 Å². The van der Waals surface area contributed by atoms with Crippen molar-refractivity contribution in [2.75, 3.05) is 5.73 Å². The molecule has 0 saturated carbocycles. The normalized spacial score (nSPS) is 12.4. The molecule has 0 aliphatic heterocycles. The van der Waals surface area contributed by atoms with Crippen LogP contribution in [-0.2, 0) is 6.42 Å². The number of aliphatic hydroxyl groups is 1. The Morgan fingerprint density at radius 1 is 1.00 bits per heavy atom. The number of anilines is 1. The van der Waals surface area contributed by atoms with E-state index in [-0.39, 0.29) is 6.42 Å². The lowest BCUT2D eigenvalue weighted by molar-refractivity contribution is 0.178. The van der Waals surface area contributed by atoms with Crippen LogP contribution >= 0.6 is 0 Å². The summed E-state index contributed by atoms with van der Waals surface area (Å²) in [6.07, 6.45) is -0.545. The summed E-state index contributed by atoms with van der Waals surface area (Å²) in [7, 11) is 0. The van der Waals surface area contributed by atoms with Gasteiger partial charge in [0.25, 0.3) is 0 Å². The first-order chi connectivity index (χ1) is 8.56. The third-order valence-electron chi connectivity index (χ3n) is 2.73. The molecule has 1 unspecified atom stereocenters. The van der Waals surface area contributed by atoms with Crippen molar-refractivity contribution in [1.82, 2.24) is 0 Å². The average molecular weight is 249 g/mol. The summed E-state index contributed by atoms with van der Waals surface area (Å²) in [6, 6.07) is 10.4. The number of halogens is 2. The first kappa shape index (κ1) is 12.5. The second-order valence-corrected chi connectivity index (χ2v) is 4.14. The lowest BCUT2D eigenvalue weighted by Gasteiger charge is -2.11. The molecule has 0 heterocycles. The molecule has 2 rings (SSSR count). The van der Waals surface area contributed by atoms with Crippen LogP contribution in [0.3, 0.4) is 0 Å². The number of aliphatic hydroxyl groups excluding tert-OH is 1. The van der Waals surface area contributed by atoms with Gasteiger partial charge >= 0.3 is 0 Å². The molecule has 94 valence electrons. The van der Waals surface area contributed by atoms with Crippen LogP contribution in [-0.4, -0.2) is 5.11 Å². The minimum absolute atomic E-state index is 0.223. The van der Waals surface area contributed by atoms with Gasteiger partial charge in [0.15, 0.2) is 11.6 Å². The zero-order valence-corrected chi connectivity index (χ0v) is 9.61. The molecular weight excluding hydrogens is 236 g/mol. The Morgan fingerprint density at radius 3 is 2.28 bits per heavy atom. The van der Waals surface area contributed by atoms with Gasteiger partial charge in [0, 0.05) is 12.1 Å². The topological polar surface area (TPSA) is 46.2 Å². The number of hydrogen-bond donors (Lipinski definition) is 2. The molecule has 0 bridgehead atoms. The molecule has 4 heteroatoms. The molecule has 0 amide bonds. The van der Waals surface area contributed by atoms with Gasteiger partial charge in [-0.1, -0.05) is 18.2 Å². The molecule has 0 radical (unpaired) electrons. The predicted molar refractivity (Wildman–Crippen MR) is 65.9 cm³/mol. The lowest BCUT2D eigenvalue weighted by atomic mass is 10.0. The molecule has 0 fully saturated rings. The maximum Gasteiger partial charge on any atom is 0.159 e. The van der Waals surface area contributed by atoms with Gasteiger partial charge in [-0.15, -0.1) is 0 Å². The Bertz CT molecular complexity index is 540. The van der Waals surface area contributed by atoms with Gasteiger partial charge in [-0.05, 0) is 35.4 Å². The van der Waals surface area contributed by atoms with E-state index >= 15 is 0 Å². The second kappa shape index (κ2) is 5.14. The average Bonchev–Trinajstić information content (AvgIpc) is 2.34. The highest BCUT2D eigenvalue weighted by molar-refractivity contribution is 5.40. The van der Waals surface area contributed by atoms with Crippen molar-refractivity contribution >= 4 is 5.69 Å². The van der Waals surface area contributed by atoms with Crippen LogP contribution in [0.2, 0.25) is 0 Å². The molecule has 0 aliphatic carbocycles. The summed E-state index contributed by atoms with van der Waals surface area (Å²) in [4.78, 5) is 0. The summed E-state index contributed by atoms with van der Waals surface area (Å²) >= 11 is 0. The summed E-state index contributed by atoms with van der Waals surface area (Å²) in [6.45, 7) is 0. The maximum atomic E-state index is 13.0. The van der Waals surface area contributed by atoms with E-state index in [9.17, 15) is 13.9 Å². The SMILES string of the molecule is Nc1ccc(C(O)Cc2ccc(F)c(F)c2)cc1.